The van der Waals surface area contributed by atoms with Crippen molar-refractivity contribution in [3.05, 3.63) is 71.6 Å². The van der Waals surface area contributed by atoms with E-state index in [1.807, 2.05) is 63.2 Å². The average Bonchev–Trinajstić information content (AvgIpc) is 3.13. The third-order valence-electron chi connectivity index (χ3n) is 4.59. The zero-order valence-corrected chi connectivity index (χ0v) is 17.4. The van der Waals surface area contributed by atoms with Crippen LogP contribution in [0.1, 0.15) is 37.3 Å². The van der Waals surface area contributed by atoms with Gasteiger partial charge in [0.05, 0.1) is 0 Å². The molecule has 3 aromatic rings. The van der Waals surface area contributed by atoms with Gasteiger partial charge < -0.3 is 18.6 Å². The lowest BCUT2D eigenvalue weighted by Crippen LogP contribution is -2.18. The summed E-state index contributed by atoms with van der Waals surface area (Å²) >= 11 is 0. The van der Waals surface area contributed by atoms with Gasteiger partial charge in [-0.15, -0.1) is 0 Å². The van der Waals surface area contributed by atoms with Crippen molar-refractivity contribution in [1.82, 2.24) is 4.98 Å². The molecule has 3 rings (SSSR count). The molecule has 0 unspecified atom stereocenters. The maximum Gasteiger partial charge on any atom is 0.226 e. The van der Waals surface area contributed by atoms with Crippen molar-refractivity contribution in [1.29, 1.82) is 0 Å². The van der Waals surface area contributed by atoms with Crippen molar-refractivity contribution >= 4 is 0 Å². The first-order valence-corrected chi connectivity index (χ1v) is 10.2. The van der Waals surface area contributed by atoms with Crippen molar-refractivity contribution in [3.63, 3.8) is 0 Å². The summed E-state index contributed by atoms with van der Waals surface area (Å²) in [6, 6.07) is 18.0. The lowest BCUT2D eigenvalue weighted by atomic mass is 10.1. The van der Waals surface area contributed by atoms with Crippen molar-refractivity contribution < 1.29 is 18.6 Å². The number of oxazole rings is 1. The lowest BCUT2D eigenvalue weighted by Gasteiger charge is -2.16. The number of rotatable bonds is 11. The molecule has 0 radical (unpaired) electrons. The number of nitrogens with zero attached hydrogens (tertiary/aromatic N) is 1. The van der Waals surface area contributed by atoms with E-state index in [2.05, 4.69) is 17.1 Å². The first-order valence-electron chi connectivity index (χ1n) is 10.2. The molecule has 5 nitrogen and oxygen atoms in total. The van der Waals surface area contributed by atoms with Gasteiger partial charge in [0, 0.05) is 25.2 Å². The van der Waals surface area contributed by atoms with Crippen molar-refractivity contribution in [3.8, 4) is 17.2 Å². The summed E-state index contributed by atoms with van der Waals surface area (Å²) in [4.78, 5) is 4.58. The lowest BCUT2D eigenvalue weighted by molar-refractivity contribution is -0.139. The molecule has 1 heterocycles. The standard InChI is InChI=1S/C24H29NO4/c1-4-26-23(27-5-2)16-13-19-11-14-21(15-12-19)28-17-22-18(3)29-24(25-22)20-9-7-6-8-10-20/h6-12,14-15,23H,4-5,13,16-17H2,1-3H3. The molecule has 0 bridgehead atoms. The third-order valence-corrected chi connectivity index (χ3v) is 4.59. The Morgan fingerprint density at radius 3 is 2.28 bits per heavy atom. The molecule has 2 aromatic carbocycles. The zero-order chi connectivity index (χ0) is 20.5. The summed E-state index contributed by atoms with van der Waals surface area (Å²) in [5.41, 5.74) is 3.00. The van der Waals surface area contributed by atoms with Gasteiger partial charge in [-0.1, -0.05) is 30.3 Å². The van der Waals surface area contributed by atoms with Crippen LogP contribution in [-0.2, 0) is 22.5 Å². The summed E-state index contributed by atoms with van der Waals surface area (Å²) < 4.78 is 22.9. The highest BCUT2D eigenvalue weighted by Crippen LogP contribution is 2.23. The molecule has 0 saturated heterocycles. The van der Waals surface area contributed by atoms with E-state index in [9.17, 15) is 0 Å². The Kier molecular flexibility index (Phi) is 7.85. The molecule has 0 amide bonds. The molecule has 0 N–H and O–H groups in total. The van der Waals surface area contributed by atoms with Crippen LogP contribution < -0.4 is 4.74 Å². The predicted molar refractivity (Wildman–Crippen MR) is 113 cm³/mol. The molecule has 0 fully saturated rings. The summed E-state index contributed by atoms with van der Waals surface area (Å²) in [5.74, 6) is 2.21. The van der Waals surface area contributed by atoms with Crippen LogP contribution in [-0.4, -0.2) is 24.5 Å². The Balaban J connectivity index is 1.53. The molecule has 29 heavy (non-hydrogen) atoms. The molecule has 5 heteroatoms. The smallest absolute Gasteiger partial charge is 0.226 e. The van der Waals surface area contributed by atoms with E-state index in [0.717, 1.165) is 35.6 Å². The van der Waals surface area contributed by atoms with Gasteiger partial charge in [0.25, 0.3) is 0 Å². The summed E-state index contributed by atoms with van der Waals surface area (Å²) in [7, 11) is 0. The molecule has 0 aliphatic rings. The topological polar surface area (TPSA) is 53.7 Å². The number of hydrogen-bond donors (Lipinski definition) is 0. The largest absolute Gasteiger partial charge is 0.487 e. The summed E-state index contributed by atoms with van der Waals surface area (Å²) in [6.07, 6.45) is 1.59. The van der Waals surface area contributed by atoms with Crippen LogP contribution in [0.5, 0.6) is 5.75 Å². The van der Waals surface area contributed by atoms with E-state index in [0.29, 0.717) is 25.7 Å². The molecule has 0 aliphatic carbocycles. The Labute approximate surface area is 172 Å². The van der Waals surface area contributed by atoms with Crippen molar-refractivity contribution in [2.45, 2.75) is 46.5 Å². The van der Waals surface area contributed by atoms with Gasteiger partial charge in [-0.3, -0.25) is 0 Å². The number of ether oxygens (including phenoxy) is 3. The van der Waals surface area contributed by atoms with Crippen LogP contribution in [0.3, 0.4) is 0 Å². The minimum atomic E-state index is -0.144. The first kappa shape index (κ1) is 21.1. The van der Waals surface area contributed by atoms with Gasteiger partial charge in [-0.05, 0) is 57.0 Å². The van der Waals surface area contributed by atoms with E-state index in [-0.39, 0.29) is 6.29 Å². The maximum atomic E-state index is 5.91. The van der Waals surface area contributed by atoms with E-state index < -0.39 is 0 Å². The van der Waals surface area contributed by atoms with Crippen molar-refractivity contribution in [2.24, 2.45) is 0 Å². The predicted octanol–water partition coefficient (Wildman–Crippen LogP) is 5.56. The minimum Gasteiger partial charge on any atom is -0.487 e. The Morgan fingerprint density at radius 1 is 0.931 bits per heavy atom. The Bertz CT molecular complexity index is 852. The van der Waals surface area contributed by atoms with Crippen LogP contribution in [0.2, 0.25) is 0 Å². The highest BCUT2D eigenvalue weighted by atomic mass is 16.7. The van der Waals surface area contributed by atoms with E-state index in [1.54, 1.807) is 0 Å². The Hall–Kier alpha value is -2.63. The van der Waals surface area contributed by atoms with Gasteiger partial charge >= 0.3 is 0 Å². The molecular formula is C24H29NO4. The van der Waals surface area contributed by atoms with Crippen molar-refractivity contribution in [2.75, 3.05) is 13.2 Å². The van der Waals surface area contributed by atoms with E-state index >= 15 is 0 Å². The van der Waals surface area contributed by atoms with E-state index in [1.165, 1.54) is 5.56 Å². The maximum absolute atomic E-state index is 5.91. The second-order valence-electron chi connectivity index (χ2n) is 6.70. The fourth-order valence-corrected chi connectivity index (χ4v) is 3.04. The van der Waals surface area contributed by atoms with Crippen LogP contribution in [0.15, 0.2) is 59.0 Å². The highest BCUT2D eigenvalue weighted by Gasteiger charge is 2.12. The second kappa shape index (κ2) is 10.8. The number of hydrogen-bond acceptors (Lipinski definition) is 5. The monoisotopic (exact) mass is 395 g/mol. The number of benzene rings is 2. The number of aromatic nitrogens is 1. The normalized spacial score (nSPS) is 11.2. The molecule has 0 spiro atoms. The van der Waals surface area contributed by atoms with Crippen LogP contribution in [0, 0.1) is 6.92 Å². The third kappa shape index (κ3) is 6.17. The van der Waals surface area contributed by atoms with Gasteiger partial charge in [0.2, 0.25) is 5.89 Å². The van der Waals surface area contributed by atoms with Gasteiger partial charge in [0.15, 0.2) is 6.29 Å². The zero-order valence-electron chi connectivity index (χ0n) is 17.4. The van der Waals surface area contributed by atoms with E-state index in [4.69, 9.17) is 18.6 Å². The number of aryl methyl sites for hydroxylation is 2. The fourth-order valence-electron chi connectivity index (χ4n) is 3.04. The average molecular weight is 395 g/mol. The molecule has 0 saturated carbocycles. The molecule has 1 aromatic heterocycles. The van der Waals surface area contributed by atoms with Gasteiger partial charge in [-0.2, -0.15) is 0 Å². The second-order valence-corrected chi connectivity index (χ2v) is 6.70. The first-order chi connectivity index (χ1) is 14.2. The summed E-state index contributed by atoms with van der Waals surface area (Å²) in [6.45, 7) is 7.57. The van der Waals surface area contributed by atoms with Crippen LogP contribution in [0.4, 0.5) is 0 Å². The molecule has 154 valence electrons. The van der Waals surface area contributed by atoms with Crippen LogP contribution in [0.25, 0.3) is 11.5 Å². The molecule has 0 aliphatic heterocycles. The fraction of sp³-hybridized carbons (Fsp3) is 0.375. The quantitative estimate of drug-likeness (QED) is 0.398. The van der Waals surface area contributed by atoms with Gasteiger partial charge in [-0.25, -0.2) is 4.98 Å². The van der Waals surface area contributed by atoms with Crippen LogP contribution >= 0.6 is 0 Å². The molecular weight excluding hydrogens is 366 g/mol. The summed E-state index contributed by atoms with van der Waals surface area (Å²) in [5, 5.41) is 0. The molecule has 0 atom stereocenters. The van der Waals surface area contributed by atoms with Gasteiger partial charge in [0.1, 0.15) is 23.8 Å². The highest BCUT2D eigenvalue weighted by molar-refractivity contribution is 5.53. The SMILES string of the molecule is CCOC(CCc1ccc(OCc2nc(-c3ccccc3)oc2C)cc1)OCC. The Morgan fingerprint density at radius 2 is 1.62 bits per heavy atom. The minimum absolute atomic E-state index is 0.144.